The molecular weight excluding hydrogens is 431 g/mol. The first-order valence-electron chi connectivity index (χ1n) is 11.6. The van der Waals surface area contributed by atoms with Crippen molar-refractivity contribution in [2.45, 2.75) is 53.5 Å². The van der Waals surface area contributed by atoms with Crippen molar-refractivity contribution in [1.82, 2.24) is 19.7 Å². The Balaban J connectivity index is 1.61. The molecule has 178 valence electrons. The van der Waals surface area contributed by atoms with E-state index in [9.17, 15) is 14.0 Å². The van der Waals surface area contributed by atoms with Gasteiger partial charge in [0, 0.05) is 26.2 Å². The quantitative estimate of drug-likeness (QED) is 0.515. The van der Waals surface area contributed by atoms with Gasteiger partial charge < -0.3 is 4.90 Å². The van der Waals surface area contributed by atoms with Crippen LogP contribution in [0.2, 0.25) is 0 Å². The molecule has 1 aromatic carbocycles. The molecular formula is C27H31FN4O2. The molecule has 0 N–H and O–H groups in total. The second-order valence-electron chi connectivity index (χ2n) is 10.4. The van der Waals surface area contributed by atoms with E-state index in [0.29, 0.717) is 30.3 Å². The molecule has 34 heavy (non-hydrogen) atoms. The SMILES string of the molecule is CC(C)Cc1nn(-c2ccc(C(=O)N(C)Cc3ccc(F)cc3)cn2)c2c1C(=O)CC(C)(C)C2. The summed E-state index contributed by atoms with van der Waals surface area (Å²) < 4.78 is 14.9. The van der Waals surface area contributed by atoms with Gasteiger partial charge in [0.25, 0.3) is 5.91 Å². The lowest BCUT2D eigenvalue weighted by atomic mass is 9.75. The topological polar surface area (TPSA) is 68.1 Å². The van der Waals surface area contributed by atoms with Gasteiger partial charge in [0.05, 0.1) is 22.5 Å². The number of amides is 1. The molecule has 3 aromatic rings. The third-order valence-electron chi connectivity index (χ3n) is 6.11. The maximum atomic E-state index is 13.1. The van der Waals surface area contributed by atoms with E-state index < -0.39 is 0 Å². The molecule has 6 nitrogen and oxygen atoms in total. The smallest absolute Gasteiger partial charge is 0.255 e. The largest absolute Gasteiger partial charge is 0.337 e. The van der Waals surface area contributed by atoms with Crippen molar-refractivity contribution in [2.75, 3.05) is 7.05 Å². The van der Waals surface area contributed by atoms with Crippen LogP contribution in [0.3, 0.4) is 0 Å². The zero-order valence-electron chi connectivity index (χ0n) is 20.4. The minimum Gasteiger partial charge on any atom is -0.337 e. The lowest BCUT2D eigenvalue weighted by Gasteiger charge is -2.29. The van der Waals surface area contributed by atoms with E-state index in [1.54, 1.807) is 47.1 Å². The predicted molar refractivity (Wildman–Crippen MR) is 129 cm³/mol. The summed E-state index contributed by atoms with van der Waals surface area (Å²) in [7, 11) is 1.70. The van der Waals surface area contributed by atoms with Gasteiger partial charge >= 0.3 is 0 Å². The minimum absolute atomic E-state index is 0.141. The maximum Gasteiger partial charge on any atom is 0.255 e. The van der Waals surface area contributed by atoms with E-state index in [-0.39, 0.29) is 22.9 Å². The molecule has 0 radical (unpaired) electrons. The highest BCUT2D eigenvalue weighted by Crippen LogP contribution is 2.37. The highest BCUT2D eigenvalue weighted by molar-refractivity contribution is 6.00. The van der Waals surface area contributed by atoms with Crippen LogP contribution in [0.15, 0.2) is 42.6 Å². The Bertz CT molecular complexity index is 1210. The molecule has 7 heteroatoms. The molecule has 0 aliphatic heterocycles. The van der Waals surface area contributed by atoms with Crippen LogP contribution >= 0.6 is 0 Å². The van der Waals surface area contributed by atoms with Crippen molar-refractivity contribution >= 4 is 11.7 Å². The summed E-state index contributed by atoms with van der Waals surface area (Å²) in [5.41, 5.74) is 3.62. The molecule has 2 heterocycles. The summed E-state index contributed by atoms with van der Waals surface area (Å²) in [4.78, 5) is 32.0. The summed E-state index contributed by atoms with van der Waals surface area (Å²) in [6, 6.07) is 9.61. The van der Waals surface area contributed by atoms with Crippen LogP contribution < -0.4 is 0 Å². The van der Waals surface area contributed by atoms with Crippen LogP contribution in [0, 0.1) is 17.2 Å². The standard InChI is InChI=1S/C27H31FN4O2/c1-17(2)12-21-25-22(13-27(3,4)14-23(25)33)32(30-21)24-11-8-19(15-29-24)26(34)31(5)16-18-6-9-20(28)10-7-18/h6-11,15,17H,12-14,16H2,1-5H3. The Kier molecular flexibility index (Phi) is 6.39. The molecule has 2 aromatic heterocycles. The van der Waals surface area contributed by atoms with Gasteiger partial charge in [-0.3, -0.25) is 9.59 Å². The number of hydrogen-bond donors (Lipinski definition) is 0. The highest BCUT2D eigenvalue weighted by Gasteiger charge is 2.36. The molecule has 0 saturated heterocycles. The first-order chi connectivity index (χ1) is 16.0. The Hall–Kier alpha value is -3.35. The van der Waals surface area contributed by atoms with E-state index in [1.807, 2.05) is 0 Å². The monoisotopic (exact) mass is 462 g/mol. The van der Waals surface area contributed by atoms with Crippen LogP contribution in [-0.2, 0) is 19.4 Å². The molecule has 1 aliphatic rings. The zero-order chi connectivity index (χ0) is 24.6. The fourth-order valence-corrected chi connectivity index (χ4v) is 4.54. The number of Topliss-reactive ketones (excluding diaryl/α,β-unsaturated/α-hetero) is 1. The lowest BCUT2D eigenvalue weighted by Crippen LogP contribution is -2.28. The number of hydrogen-bond acceptors (Lipinski definition) is 4. The van der Waals surface area contributed by atoms with Crippen LogP contribution in [-0.4, -0.2) is 38.4 Å². The molecule has 1 aliphatic carbocycles. The number of aromatic nitrogens is 3. The van der Waals surface area contributed by atoms with E-state index in [1.165, 1.54) is 12.1 Å². The van der Waals surface area contributed by atoms with Gasteiger partial charge in [-0.1, -0.05) is 39.8 Å². The van der Waals surface area contributed by atoms with E-state index in [4.69, 9.17) is 5.10 Å². The third kappa shape index (κ3) is 4.93. The first-order valence-corrected chi connectivity index (χ1v) is 11.6. The van der Waals surface area contributed by atoms with Crippen molar-refractivity contribution in [1.29, 1.82) is 0 Å². The van der Waals surface area contributed by atoms with Crippen molar-refractivity contribution in [3.63, 3.8) is 0 Å². The number of ketones is 1. The van der Waals surface area contributed by atoms with Gasteiger partial charge in [0.2, 0.25) is 0 Å². The second kappa shape index (κ2) is 9.12. The summed E-state index contributed by atoms with van der Waals surface area (Å²) >= 11 is 0. The average Bonchev–Trinajstić information content (AvgIpc) is 3.11. The molecule has 0 atom stereocenters. The van der Waals surface area contributed by atoms with Crippen molar-refractivity contribution < 1.29 is 14.0 Å². The summed E-state index contributed by atoms with van der Waals surface area (Å²) in [5.74, 6) is 0.624. The number of rotatable bonds is 6. The van der Waals surface area contributed by atoms with Gasteiger partial charge in [0.1, 0.15) is 5.82 Å². The summed E-state index contributed by atoms with van der Waals surface area (Å²) in [5, 5.41) is 4.80. The van der Waals surface area contributed by atoms with Crippen LogP contribution in [0.4, 0.5) is 4.39 Å². The summed E-state index contributed by atoms with van der Waals surface area (Å²) in [6.45, 7) is 8.79. The van der Waals surface area contributed by atoms with Crippen LogP contribution in [0.5, 0.6) is 0 Å². The number of carbonyl (C=O) groups is 2. The molecule has 4 rings (SSSR count). The average molecular weight is 463 g/mol. The normalized spacial score (nSPS) is 14.9. The van der Waals surface area contributed by atoms with Crippen molar-refractivity contribution in [3.05, 3.63) is 76.5 Å². The Labute approximate surface area is 199 Å². The van der Waals surface area contributed by atoms with Gasteiger partial charge in [-0.15, -0.1) is 0 Å². The molecule has 0 spiro atoms. The van der Waals surface area contributed by atoms with Gasteiger partial charge in [-0.05, 0) is 54.0 Å². The lowest BCUT2D eigenvalue weighted by molar-refractivity contribution is 0.0784. The molecule has 0 saturated carbocycles. The number of benzene rings is 1. The molecule has 0 unspecified atom stereocenters. The highest BCUT2D eigenvalue weighted by atomic mass is 19.1. The fraction of sp³-hybridized carbons (Fsp3) is 0.407. The Morgan fingerprint density at radius 3 is 2.47 bits per heavy atom. The van der Waals surface area contributed by atoms with E-state index in [2.05, 4.69) is 32.7 Å². The number of carbonyl (C=O) groups excluding carboxylic acids is 2. The first kappa shape index (κ1) is 23.8. The van der Waals surface area contributed by atoms with Crippen LogP contribution in [0.1, 0.15) is 71.8 Å². The maximum absolute atomic E-state index is 13.1. The molecule has 0 fully saturated rings. The number of fused-ring (bicyclic) bond motifs is 1. The Morgan fingerprint density at radius 1 is 1.15 bits per heavy atom. The third-order valence-corrected chi connectivity index (χ3v) is 6.11. The number of nitrogens with zero attached hydrogens (tertiary/aromatic N) is 4. The molecule has 1 amide bonds. The Morgan fingerprint density at radius 2 is 1.85 bits per heavy atom. The number of pyridine rings is 1. The van der Waals surface area contributed by atoms with Crippen LogP contribution in [0.25, 0.3) is 5.82 Å². The van der Waals surface area contributed by atoms with Crippen molar-refractivity contribution in [3.8, 4) is 5.82 Å². The van der Waals surface area contributed by atoms with Gasteiger partial charge in [0.15, 0.2) is 11.6 Å². The number of halogens is 1. The van der Waals surface area contributed by atoms with E-state index >= 15 is 0 Å². The van der Waals surface area contributed by atoms with Crippen molar-refractivity contribution in [2.24, 2.45) is 11.3 Å². The molecule has 0 bridgehead atoms. The fourth-order valence-electron chi connectivity index (χ4n) is 4.54. The predicted octanol–water partition coefficient (Wildman–Crippen LogP) is 5.03. The van der Waals surface area contributed by atoms with Gasteiger partial charge in [-0.2, -0.15) is 5.10 Å². The van der Waals surface area contributed by atoms with Gasteiger partial charge in [-0.25, -0.2) is 14.1 Å². The van der Waals surface area contributed by atoms with E-state index in [0.717, 1.165) is 35.4 Å². The zero-order valence-corrected chi connectivity index (χ0v) is 20.4. The second-order valence-corrected chi connectivity index (χ2v) is 10.4. The summed E-state index contributed by atoms with van der Waals surface area (Å²) in [6.07, 6.45) is 3.52. The minimum atomic E-state index is -0.306.